The minimum absolute atomic E-state index is 0.0112. The molecule has 0 spiro atoms. The number of ether oxygens (including phenoxy) is 1. The molecule has 3 heterocycles. The fourth-order valence-corrected chi connectivity index (χ4v) is 4.78. The SMILES string of the molecule is Cc1cn(-c2ccc(N3C[C@@H](C)O[C@@H](C)C3)cc2)c(=O)c2cccc(-c3ccncc3)c12. The predicted octanol–water partition coefficient (Wildman–Crippen LogP) is 4.97. The molecule has 1 saturated heterocycles. The Hall–Kier alpha value is -3.44. The summed E-state index contributed by atoms with van der Waals surface area (Å²) >= 11 is 0. The number of morpholine rings is 1. The fourth-order valence-electron chi connectivity index (χ4n) is 4.78. The van der Waals surface area contributed by atoms with Crippen molar-refractivity contribution in [2.45, 2.75) is 33.0 Å². The van der Waals surface area contributed by atoms with Crippen LogP contribution in [0, 0.1) is 6.92 Å². The molecule has 0 unspecified atom stereocenters. The highest BCUT2D eigenvalue weighted by Gasteiger charge is 2.22. The Morgan fingerprint density at radius 2 is 1.56 bits per heavy atom. The quantitative estimate of drug-likeness (QED) is 0.465. The van der Waals surface area contributed by atoms with Crippen molar-refractivity contribution in [3.63, 3.8) is 0 Å². The summed E-state index contributed by atoms with van der Waals surface area (Å²) in [5.74, 6) is 0. The molecule has 32 heavy (non-hydrogen) atoms. The lowest BCUT2D eigenvalue weighted by atomic mass is 9.97. The average Bonchev–Trinajstić information content (AvgIpc) is 2.81. The number of benzene rings is 2. The minimum Gasteiger partial charge on any atom is -0.372 e. The van der Waals surface area contributed by atoms with Gasteiger partial charge in [0.1, 0.15) is 0 Å². The van der Waals surface area contributed by atoms with Gasteiger partial charge in [-0.25, -0.2) is 0 Å². The molecule has 5 heteroatoms. The molecule has 1 aliphatic rings. The highest BCUT2D eigenvalue weighted by molar-refractivity contribution is 5.98. The standard InChI is InChI=1S/C27H27N3O2/c1-18-15-30(23-9-7-22(8-10-23)29-16-19(2)32-20(3)17-29)27(31)25-6-4-5-24(26(18)25)21-11-13-28-14-12-21/h4-15,19-20H,16-17H2,1-3H3/t19-,20+. The maximum atomic E-state index is 13.5. The van der Waals surface area contributed by atoms with Gasteiger partial charge in [-0.05, 0) is 85.3 Å². The monoisotopic (exact) mass is 425 g/mol. The van der Waals surface area contributed by atoms with Gasteiger partial charge in [0.05, 0.1) is 12.2 Å². The Bertz CT molecular complexity index is 1300. The van der Waals surface area contributed by atoms with E-state index in [9.17, 15) is 4.79 Å². The van der Waals surface area contributed by atoms with Crippen LogP contribution >= 0.6 is 0 Å². The van der Waals surface area contributed by atoms with Crippen LogP contribution in [0.15, 0.2) is 78.0 Å². The predicted molar refractivity (Wildman–Crippen MR) is 130 cm³/mol. The van der Waals surface area contributed by atoms with Crippen LogP contribution in [0.5, 0.6) is 0 Å². The summed E-state index contributed by atoms with van der Waals surface area (Å²) in [4.78, 5) is 19.9. The summed E-state index contributed by atoms with van der Waals surface area (Å²) < 4.78 is 7.60. The van der Waals surface area contributed by atoms with E-state index in [1.54, 1.807) is 17.0 Å². The molecule has 2 atom stereocenters. The van der Waals surface area contributed by atoms with Crippen LogP contribution in [0.2, 0.25) is 0 Å². The molecule has 162 valence electrons. The third-order valence-corrected chi connectivity index (χ3v) is 6.13. The summed E-state index contributed by atoms with van der Waals surface area (Å²) in [5.41, 5.74) is 5.19. The Kier molecular flexibility index (Phi) is 5.27. The molecule has 0 N–H and O–H groups in total. The lowest BCUT2D eigenvalue weighted by molar-refractivity contribution is -0.00521. The second-order valence-electron chi connectivity index (χ2n) is 8.63. The van der Waals surface area contributed by atoms with Gasteiger partial charge < -0.3 is 9.64 Å². The van der Waals surface area contributed by atoms with Crippen molar-refractivity contribution in [3.8, 4) is 16.8 Å². The Morgan fingerprint density at radius 1 is 0.906 bits per heavy atom. The van der Waals surface area contributed by atoms with Crippen LogP contribution in [0.25, 0.3) is 27.6 Å². The number of hydrogen-bond donors (Lipinski definition) is 0. The summed E-state index contributed by atoms with van der Waals surface area (Å²) in [5, 5.41) is 1.71. The first-order valence-electron chi connectivity index (χ1n) is 11.1. The van der Waals surface area contributed by atoms with Gasteiger partial charge in [0.25, 0.3) is 5.56 Å². The van der Waals surface area contributed by atoms with Crippen LogP contribution in [-0.2, 0) is 4.74 Å². The zero-order chi connectivity index (χ0) is 22.2. The van der Waals surface area contributed by atoms with Crippen molar-refractivity contribution >= 4 is 16.5 Å². The van der Waals surface area contributed by atoms with Crippen molar-refractivity contribution in [2.24, 2.45) is 0 Å². The Morgan fingerprint density at radius 3 is 2.25 bits per heavy atom. The van der Waals surface area contributed by atoms with E-state index in [4.69, 9.17) is 4.74 Å². The second kappa shape index (κ2) is 8.24. The molecule has 0 bridgehead atoms. The molecule has 1 fully saturated rings. The third kappa shape index (κ3) is 3.69. The number of rotatable bonds is 3. The van der Waals surface area contributed by atoms with Gasteiger partial charge in [0.15, 0.2) is 0 Å². The minimum atomic E-state index is -0.0112. The number of anilines is 1. The zero-order valence-electron chi connectivity index (χ0n) is 18.7. The van der Waals surface area contributed by atoms with Gasteiger partial charge in [0.2, 0.25) is 0 Å². The van der Waals surface area contributed by atoms with Gasteiger partial charge >= 0.3 is 0 Å². The van der Waals surface area contributed by atoms with Crippen molar-refractivity contribution in [3.05, 3.63) is 89.1 Å². The van der Waals surface area contributed by atoms with Gasteiger partial charge in [-0.3, -0.25) is 14.3 Å². The first-order chi connectivity index (χ1) is 15.5. The molecule has 5 rings (SSSR count). The average molecular weight is 426 g/mol. The van der Waals surface area contributed by atoms with E-state index in [1.807, 2.05) is 42.6 Å². The normalized spacial score (nSPS) is 18.8. The third-order valence-electron chi connectivity index (χ3n) is 6.13. The highest BCUT2D eigenvalue weighted by Crippen LogP contribution is 2.30. The molecule has 0 amide bonds. The van der Waals surface area contributed by atoms with E-state index in [1.165, 1.54) is 0 Å². The van der Waals surface area contributed by atoms with E-state index in [0.717, 1.165) is 51.9 Å². The van der Waals surface area contributed by atoms with E-state index in [-0.39, 0.29) is 17.8 Å². The van der Waals surface area contributed by atoms with Gasteiger partial charge in [-0.15, -0.1) is 0 Å². The number of nitrogens with zero attached hydrogens (tertiary/aromatic N) is 3. The van der Waals surface area contributed by atoms with Gasteiger partial charge in [-0.1, -0.05) is 12.1 Å². The first-order valence-corrected chi connectivity index (χ1v) is 11.1. The summed E-state index contributed by atoms with van der Waals surface area (Å²) in [6.45, 7) is 8.02. The molecule has 0 saturated carbocycles. The lowest BCUT2D eigenvalue weighted by Gasteiger charge is -2.36. The first kappa shape index (κ1) is 20.5. The number of hydrogen-bond acceptors (Lipinski definition) is 4. The van der Waals surface area contributed by atoms with Crippen molar-refractivity contribution in [1.29, 1.82) is 0 Å². The number of fused-ring (bicyclic) bond motifs is 1. The molecule has 5 nitrogen and oxygen atoms in total. The highest BCUT2D eigenvalue weighted by atomic mass is 16.5. The molecule has 4 aromatic rings. The van der Waals surface area contributed by atoms with Crippen LogP contribution in [-0.4, -0.2) is 34.8 Å². The topological polar surface area (TPSA) is 47.4 Å². The molecular weight excluding hydrogens is 398 g/mol. The van der Waals surface area contributed by atoms with Crippen LogP contribution in [0.3, 0.4) is 0 Å². The maximum Gasteiger partial charge on any atom is 0.262 e. The number of pyridine rings is 2. The van der Waals surface area contributed by atoms with E-state index < -0.39 is 0 Å². The van der Waals surface area contributed by atoms with Gasteiger partial charge in [-0.2, -0.15) is 0 Å². The van der Waals surface area contributed by atoms with Crippen LogP contribution in [0.1, 0.15) is 19.4 Å². The van der Waals surface area contributed by atoms with E-state index in [0.29, 0.717) is 0 Å². The molecule has 2 aromatic carbocycles. The lowest BCUT2D eigenvalue weighted by Crippen LogP contribution is -2.45. The molecular formula is C27H27N3O2. The summed E-state index contributed by atoms with van der Waals surface area (Å²) in [7, 11) is 0. The largest absolute Gasteiger partial charge is 0.372 e. The zero-order valence-corrected chi connectivity index (χ0v) is 18.7. The number of aryl methyl sites for hydroxylation is 1. The Balaban J connectivity index is 1.56. The molecule has 2 aromatic heterocycles. The maximum absolute atomic E-state index is 13.5. The van der Waals surface area contributed by atoms with E-state index in [2.05, 4.69) is 48.9 Å². The van der Waals surface area contributed by atoms with Crippen molar-refractivity contribution in [2.75, 3.05) is 18.0 Å². The Labute approximate surface area is 187 Å². The molecule has 0 aliphatic carbocycles. The van der Waals surface area contributed by atoms with Crippen LogP contribution in [0.4, 0.5) is 5.69 Å². The second-order valence-corrected chi connectivity index (χ2v) is 8.63. The summed E-state index contributed by atoms with van der Waals surface area (Å²) in [6.07, 6.45) is 5.92. The smallest absolute Gasteiger partial charge is 0.262 e. The van der Waals surface area contributed by atoms with E-state index >= 15 is 0 Å². The summed E-state index contributed by atoms with van der Waals surface area (Å²) in [6, 6.07) is 18.1. The molecule has 1 aliphatic heterocycles. The molecule has 0 radical (unpaired) electrons. The van der Waals surface area contributed by atoms with Crippen LogP contribution < -0.4 is 10.5 Å². The van der Waals surface area contributed by atoms with Crippen molar-refractivity contribution in [1.82, 2.24) is 9.55 Å². The van der Waals surface area contributed by atoms with Gasteiger partial charge in [0, 0.05) is 48.4 Å². The fraction of sp³-hybridized carbons (Fsp3) is 0.259. The van der Waals surface area contributed by atoms with Crippen molar-refractivity contribution < 1.29 is 4.74 Å². The number of aromatic nitrogens is 2.